The fourth-order valence-corrected chi connectivity index (χ4v) is 3.54. The molecule has 0 bridgehead atoms. The van der Waals surface area contributed by atoms with Crippen molar-refractivity contribution in [2.45, 2.75) is 31.5 Å². The fourth-order valence-electron chi connectivity index (χ4n) is 2.76. The predicted molar refractivity (Wildman–Crippen MR) is 116 cm³/mol. The molecule has 0 saturated heterocycles. The Hall–Kier alpha value is -2.71. The van der Waals surface area contributed by atoms with Gasteiger partial charge >= 0.3 is 0 Å². The third-order valence-corrected chi connectivity index (χ3v) is 5.11. The molecular formula is C22H25FN4O2S. The number of benzene rings is 2. The van der Waals surface area contributed by atoms with Crippen molar-refractivity contribution in [3.05, 3.63) is 60.4 Å². The summed E-state index contributed by atoms with van der Waals surface area (Å²) < 4.78 is 20.7. The second-order valence-corrected chi connectivity index (χ2v) is 7.84. The van der Waals surface area contributed by atoms with Crippen LogP contribution in [-0.2, 0) is 9.53 Å². The summed E-state index contributed by atoms with van der Waals surface area (Å²) in [4.78, 5) is 12.2. The summed E-state index contributed by atoms with van der Waals surface area (Å²) in [5, 5.41) is 12.1. The first-order chi connectivity index (χ1) is 14.5. The highest BCUT2D eigenvalue weighted by molar-refractivity contribution is 7.99. The smallest absolute Gasteiger partial charge is 0.230 e. The molecular weight excluding hydrogens is 403 g/mol. The fraction of sp³-hybridized carbons (Fsp3) is 0.318. The number of halogens is 1. The van der Waals surface area contributed by atoms with Crippen LogP contribution in [0, 0.1) is 5.82 Å². The van der Waals surface area contributed by atoms with Gasteiger partial charge in [-0.1, -0.05) is 30.0 Å². The van der Waals surface area contributed by atoms with Crippen molar-refractivity contribution < 1.29 is 13.9 Å². The molecule has 0 radical (unpaired) electrons. The Labute approximate surface area is 179 Å². The molecule has 6 nitrogen and oxygen atoms in total. The molecule has 1 aromatic heterocycles. The Morgan fingerprint density at radius 1 is 1.13 bits per heavy atom. The Morgan fingerprint density at radius 2 is 1.87 bits per heavy atom. The number of carbonyl (C=O) groups excluding carboxylic acids is 1. The molecule has 2 aromatic carbocycles. The molecule has 0 saturated carbocycles. The topological polar surface area (TPSA) is 69.0 Å². The van der Waals surface area contributed by atoms with E-state index in [4.69, 9.17) is 4.74 Å². The summed E-state index contributed by atoms with van der Waals surface area (Å²) >= 11 is 1.31. The lowest BCUT2D eigenvalue weighted by Gasteiger charge is -2.11. The number of amides is 1. The molecule has 3 rings (SSSR count). The number of hydrogen-bond acceptors (Lipinski definition) is 5. The number of carbonyl (C=O) groups is 1. The molecule has 0 unspecified atom stereocenters. The first-order valence-corrected chi connectivity index (χ1v) is 10.8. The Balaban J connectivity index is 1.69. The number of nitrogens with one attached hydrogen (secondary N) is 1. The van der Waals surface area contributed by atoms with E-state index in [1.165, 1.54) is 23.9 Å². The van der Waals surface area contributed by atoms with Crippen molar-refractivity contribution in [1.29, 1.82) is 0 Å². The molecule has 1 N–H and O–H groups in total. The van der Waals surface area contributed by atoms with E-state index in [0.29, 0.717) is 24.1 Å². The van der Waals surface area contributed by atoms with E-state index in [9.17, 15) is 9.18 Å². The number of aromatic nitrogens is 3. The van der Waals surface area contributed by atoms with Crippen molar-refractivity contribution in [2.24, 2.45) is 0 Å². The van der Waals surface area contributed by atoms with Crippen LogP contribution in [0.4, 0.5) is 4.39 Å². The second kappa shape index (κ2) is 10.9. The maximum absolute atomic E-state index is 13.3. The Kier molecular flexibility index (Phi) is 7.98. The lowest BCUT2D eigenvalue weighted by atomic mass is 10.2. The molecule has 0 fully saturated rings. The van der Waals surface area contributed by atoms with Crippen LogP contribution in [0.3, 0.4) is 0 Å². The lowest BCUT2D eigenvalue weighted by Crippen LogP contribution is -2.27. The van der Waals surface area contributed by atoms with Gasteiger partial charge in [-0.25, -0.2) is 4.39 Å². The third-order valence-electron chi connectivity index (χ3n) is 4.18. The minimum Gasteiger partial charge on any atom is -0.379 e. The molecule has 3 aromatic rings. The highest BCUT2D eigenvalue weighted by atomic mass is 32.2. The van der Waals surface area contributed by atoms with Crippen molar-refractivity contribution >= 4 is 17.7 Å². The van der Waals surface area contributed by atoms with Gasteiger partial charge in [-0.2, -0.15) is 0 Å². The molecule has 1 heterocycles. The van der Waals surface area contributed by atoms with Crippen LogP contribution in [0.5, 0.6) is 0 Å². The zero-order valence-electron chi connectivity index (χ0n) is 17.0. The van der Waals surface area contributed by atoms with Crippen molar-refractivity contribution in [1.82, 2.24) is 20.1 Å². The quantitative estimate of drug-likeness (QED) is 0.389. The summed E-state index contributed by atoms with van der Waals surface area (Å²) in [7, 11) is 0. The highest BCUT2D eigenvalue weighted by Gasteiger charge is 2.17. The lowest BCUT2D eigenvalue weighted by molar-refractivity contribution is -0.118. The SMILES string of the molecule is CC(C)OCCCNC(=O)CSc1nnc(-c2ccc(F)cc2)n1-c1ccccc1. The van der Waals surface area contributed by atoms with Crippen molar-refractivity contribution in [2.75, 3.05) is 18.9 Å². The number of ether oxygens (including phenoxy) is 1. The largest absolute Gasteiger partial charge is 0.379 e. The van der Waals surface area contributed by atoms with Crippen molar-refractivity contribution in [3.63, 3.8) is 0 Å². The van der Waals surface area contributed by atoms with E-state index >= 15 is 0 Å². The number of nitrogens with zero attached hydrogens (tertiary/aromatic N) is 3. The summed E-state index contributed by atoms with van der Waals surface area (Å²) in [5.41, 5.74) is 1.62. The summed E-state index contributed by atoms with van der Waals surface area (Å²) in [6, 6.07) is 15.8. The zero-order valence-corrected chi connectivity index (χ0v) is 17.9. The summed E-state index contributed by atoms with van der Waals surface area (Å²) in [6.07, 6.45) is 0.958. The predicted octanol–water partition coefficient (Wildman–Crippen LogP) is 4.10. The van der Waals surface area contributed by atoms with Gasteiger partial charge in [0.2, 0.25) is 5.91 Å². The van der Waals surface area contributed by atoms with Crippen LogP contribution >= 0.6 is 11.8 Å². The maximum Gasteiger partial charge on any atom is 0.230 e. The summed E-state index contributed by atoms with van der Waals surface area (Å²) in [6.45, 7) is 5.16. The average molecular weight is 429 g/mol. The third kappa shape index (κ3) is 6.14. The monoisotopic (exact) mass is 428 g/mol. The molecule has 158 valence electrons. The van der Waals surface area contributed by atoms with E-state index in [1.807, 2.05) is 48.7 Å². The minimum absolute atomic E-state index is 0.0736. The maximum atomic E-state index is 13.3. The van der Waals surface area contributed by atoms with E-state index < -0.39 is 0 Å². The van der Waals surface area contributed by atoms with Gasteiger partial charge in [-0.3, -0.25) is 9.36 Å². The van der Waals surface area contributed by atoms with Gasteiger partial charge in [-0.15, -0.1) is 10.2 Å². The number of thioether (sulfide) groups is 1. The Morgan fingerprint density at radius 3 is 2.57 bits per heavy atom. The van der Waals surface area contributed by atoms with Gasteiger partial charge in [-0.05, 0) is 56.7 Å². The molecule has 0 spiro atoms. The van der Waals surface area contributed by atoms with Gasteiger partial charge in [0.25, 0.3) is 0 Å². The van der Waals surface area contributed by atoms with Crippen LogP contribution in [0.15, 0.2) is 59.8 Å². The van der Waals surface area contributed by atoms with Crippen molar-refractivity contribution in [3.8, 4) is 17.1 Å². The van der Waals surface area contributed by atoms with Gasteiger partial charge in [0, 0.05) is 24.4 Å². The Bertz CT molecular complexity index is 946. The van der Waals surface area contributed by atoms with E-state index in [2.05, 4.69) is 15.5 Å². The molecule has 30 heavy (non-hydrogen) atoms. The molecule has 1 amide bonds. The van der Waals surface area contributed by atoms with Crippen LogP contribution < -0.4 is 5.32 Å². The number of para-hydroxylation sites is 1. The van der Waals surface area contributed by atoms with E-state index in [-0.39, 0.29) is 23.6 Å². The standard InChI is InChI=1S/C22H25FN4O2S/c1-16(2)29-14-6-13-24-20(28)15-30-22-26-25-21(17-9-11-18(23)12-10-17)27(22)19-7-4-3-5-8-19/h3-5,7-12,16H,6,13-15H2,1-2H3,(H,24,28). The second-order valence-electron chi connectivity index (χ2n) is 6.90. The zero-order chi connectivity index (χ0) is 21.3. The van der Waals surface area contributed by atoms with Gasteiger partial charge < -0.3 is 10.1 Å². The molecule has 0 atom stereocenters. The van der Waals surface area contributed by atoms with E-state index in [1.54, 1.807) is 12.1 Å². The highest BCUT2D eigenvalue weighted by Crippen LogP contribution is 2.27. The molecule has 0 aliphatic carbocycles. The summed E-state index contributed by atoms with van der Waals surface area (Å²) in [5.74, 6) is 0.430. The van der Waals surface area contributed by atoms with Gasteiger partial charge in [0.15, 0.2) is 11.0 Å². The van der Waals surface area contributed by atoms with Gasteiger partial charge in [0.05, 0.1) is 11.9 Å². The average Bonchev–Trinajstić information content (AvgIpc) is 3.17. The number of rotatable bonds is 10. The van der Waals surface area contributed by atoms with Crippen LogP contribution in [0.25, 0.3) is 17.1 Å². The van der Waals surface area contributed by atoms with E-state index in [0.717, 1.165) is 17.7 Å². The first kappa shape index (κ1) is 22.0. The van der Waals surface area contributed by atoms with Crippen LogP contribution in [0.1, 0.15) is 20.3 Å². The van der Waals surface area contributed by atoms with Gasteiger partial charge in [0.1, 0.15) is 5.82 Å². The normalized spacial score (nSPS) is 11.1. The molecule has 8 heteroatoms. The minimum atomic E-state index is -0.311. The number of hydrogen-bond donors (Lipinski definition) is 1. The van der Waals surface area contributed by atoms with Crippen LogP contribution in [0.2, 0.25) is 0 Å². The molecule has 0 aliphatic heterocycles. The first-order valence-electron chi connectivity index (χ1n) is 9.82. The molecule has 0 aliphatic rings. The van der Waals surface area contributed by atoms with Crippen LogP contribution in [-0.4, -0.2) is 45.7 Å².